The highest BCUT2D eigenvalue weighted by Gasteiger charge is 2.52. The van der Waals surface area contributed by atoms with Gasteiger partial charge in [0.2, 0.25) is 41.4 Å². The Balaban J connectivity index is 4.75. The maximum atomic E-state index is 6.26. The predicted molar refractivity (Wildman–Crippen MR) is 133 cm³/mol. The van der Waals surface area contributed by atoms with Crippen molar-refractivity contribution in [2.45, 2.75) is 0 Å². The molecule has 0 aliphatic carbocycles. The molecular weight excluding hydrogens is 520 g/mol. The van der Waals surface area contributed by atoms with Gasteiger partial charge in [-0.2, -0.15) is 22.9 Å². The average Bonchev–Trinajstić information content (AvgIpc) is 2.54. The molecule has 0 fully saturated rings. The van der Waals surface area contributed by atoms with E-state index in [2.05, 4.69) is 0 Å². The minimum absolute atomic E-state index is 0.615. The van der Waals surface area contributed by atoms with Gasteiger partial charge in [-0.15, -0.1) is 0 Å². The van der Waals surface area contributed by atoms with Gasteiger partial charge in [0.05, 0.1) is 0 Å². The average molecular weight is 520 g/mol. The lowest BCUT2D eigenvalue weighted by atomic mass is 8.84. The summed E-state index contributed by atoms with van der Waals surface area (Å²) in [6, 6.07) is 0. The van der Waals surface area contributed by atoms with Crippen LogP contribution in [0.3, 0.4) is 0 Å². The molecule has 0 saturated carbocycles. The van der Waals surface area contributed by atoms with Crippen molar-refractivity contribution >= 4 is 199 Å². The summed E-state index contributed by atoms with van der Waals surface area (Å²) < 4.78 is 0. The van der Waals surface area contributed by atoms with Crippen molar-refractivity contribution in [3.05, 3.63) is 0 Å². The fourth-order valence-electron chi connectivity index (χ4n) is 1.45. The van der Waals surface area contributed by atoms with Crippen LogP contribution in [0.4, 0.5) is 0 Å². The number of rotatable bonds is 11. The molecule has 0 saturated heterocycles. The molecule has 0 heterocycles. The van der Waals surface area contributed by atoms with Crippen LogP contribution in [0.15, 0.2) is 0 Å². The van der Waals surface area contributed by atoms with Crippen molar-refractivity contribution in [1.29, 1.82) is 0 Å². The first-order chi connectivity index (χ1) is 10.6. The van der Waals surface area contributed by atoms with Crippen LogP contribution in [0.2, 0.25) is 0 Å². The van der Waals surface area contributed by atoms with Crippen LogP contribution >= 0.6 is 126 Å². The molecule has 0 atom stereocenters. The second-order valence-corrected chi connectivity index (χ2v) is 9.85. The lowest BCUT2D eigenvalue weighted by molar-refractivity contribution is 3.42. The molecule has 0 aliphatic rings. The third-order valence-electron chi connectivity index (χ3n) is 2.74. The molecule has 0 rings (SSSR count). The fraction of sp³-hybridized carbons (Fsp3) is 0. The Hall–Kier alpha value is 3.97. The summed E-state index contributed by atoms with van der Waals surface area (Å²) in [5.41, 5.74) is -0.921. The van der Waals surface area contributed by atoms with Gasteiger partial charge < -0.3 is 0 Å². The zero-order chi connectivity index (χ0) is 18.3. The molecular formula is B12Cl11. The predicted octanol–water partition coefficient (Wildman–Crippen LogP) is 3.01. The van der Waals surface area contributed by atoms with E-state index in [0.29, 0.717) is 0 Å². The van der Waals surface area contributed by atoms with Crippen molar-refractivity contribution in [1.82, 2.24) is 0 Å². The third kappa shape index (κ3) is 9.34. The van der Waals surface area contributed by atoms with E-state index in [-0.39, 0.29) is 0 Å². The summed E-state index contributed by atoms with van der Waals surface area (Å²) >= 11 is 66.1. The zero-order valence-corrected chi connectivity index (χ0v) is 19.4. The summed E-state index contributed by atoms with van der Waals surface area (Å²) in [6.07, 6.45) is 0. The molecule has 0 amide bonds. The lowest BCUT2D eigenvalue weighted by Crippen LogP contribution is -2.61. The summed E-state index contributed by atoms with van der Waals surface area (Å²) in [6.45, 7) is 1.28. The molecule has 0 aromatic carbocycles. The van der Waals surface area contributed by atoms with Crippen molar-refractivity contribution in [2.75, 3.05) is 0 Å². The molecule has 0 N–H and O–H groups in total. The molecule has 23 heavy (non-hydrogen) atoms. The van der Waals surface area contributed by atoms with Crippen molar-refractivity contribution in [3.63, 3.8) is 0 Å². The molecule has 0 nitrogen and oxygen atoms in total. The van der Waals surface area contributed by atoms with Crippen LogP contribution in [0.5, 0.6) is 0 Å². The van der Waals surface area contributed by atoms with Crippen LogP contribution in [-0.4, -0.2) is 73.4 Å². The summed E-state index contributed by atoms with van der Waals surface area (Å²) in [4.78, 5) is 0. The standard InChI is InChI=1S/B12Cl11/c13-3-1-2-4(14)5(15)6(16)7(17)8(18)9(19)10(20)11(21)12(22)23. The highest BCUT2D eigenvalue weighted by molar-refractivity contribution is 8.14. The van der Waals surface area contributed by atoms with E-state index in [1.54, 1.807) is 7.06 Å². The van der Waals surface area contributed by atoms with Crippen molar-refractivity contribution in [2.24, 2.45) is 0 Å². The summed E-state index contributed by atoms with van der Waals surface area (Å²) in [5.74, 6) is -6.35. The Kier molecular flexibility index (Phi) is 16.5. The Bertz CT molecular complexity index is 315. The van der Waals surface area contributed by atoms with Crippen LogP contribution in [0, 0.1) is 0 Å². The van der Waals surface area contributed by atoms with Crippen molar-refractivity contribution < 1.29 is 0 Å². The van der Waals surface area contributed by atoms with Crippen LogP contribution in [0.25, 0.3) is 0 Å². The van der Waals surface area contributed by atoms with Gasteiger partial charge in [-0.3, -0.25) is 0 Å². The molecule has 23 heteroatoms. The Morgan fingerprint density at radius 3 is 1.17 bits per heavy atom. The summed E-state index contributed by atoms with van der Waals surface area (Å²) in [5, 5.41) is 0. The maximum Gasteiger partial charge on any atom is 0.329 e. The quantitative estimate of drug-likeness (QED) is 0.368. The van der Waals surface area contributed by atoms with Gasteiger partial charge in [-0.25, -0.2) is 103 Å². The van der Waals surface area contributed by atoms with Gasteiger partial charge in [-0.1, -0.05) is 0 Å². The largest absolute Gasteiger partial charge is 0.329 e. The molecule has 0 spiro atoms. The Morgan fingerprint density at radius 2 is 0.826 bits per heavy atom. The van der Waals surface area contributed by atoms with E-state index >= 15 is 0 Å². The fourth-order valence-corrected chi connectivity index (χ4v) is 4.63. The lowest BCUT2D eigenvalue weighted by Gasteiger charge is -2.22. The van der Waals surface area contributed by atoms with Gasteiger partial charge >= 0.3 is 5.43 Å². The van der Waals surface area contributed by atoms with E-state index in [4.69, 9.17) is 126 Å². The van der Waals surface area contributed by atoms with Gasteiger partial charge in [0.1, 0.15) is 0 Å². The van der Waals surface area contributed by atoms with Gasteiger partial charge in [0, 0.05) is 14.1 Å². The smallest absolute Gasteiger partial charge is 0.217 e. The first-order valence-corrected chi connectivity index (χ1v) is 10.9. The van der Waals surface area contributed by atoms with E-state index in [1.165, 1.54) is 13.6 Å². The first kappa shape index (κ1) is 27.0. The number of hydrogen-bond donors (Lipinski definition) is 0. The van der Waals surface area contributed by atoms with Crippen LogP contribution in [-0.2, 0) is 0 Å². The minimum atomic E-state index is -0.921. The molecule has 0 aliphatic heterocycles. The molecule has 0 unspecified atom stereocenters. The highest BCUT2D eigenvalue weighted by atomic mass is 35.5. The Morgan fingerprint density at radius 1 is 0.478 bits per heavy atom. The molecule has 0 aromatic rings. The topological polar surface area (TPSA) is 0 Å². The molecule has 0 aromatic heterocycles. The van der Waals surface area contributed by atoms with Gasteiger partial charge in [0.15, 0.2) is 12.5 Å². The Labute approximate surface area is 197 Å². The second-order valence-electron chi connectivity index (χ2n) is 4.40. The maximum absolute atomic E-state index is 6.26. The normalized spacial score (nSPS) is 9.52. The van der Waals surface area contributed by atoms with Crippen LogP contribution < -0.4 is 0 Å². The van der Waals surface area contributed by atoms with Crippen molar-refractivity contribution in [3.8, 4) is 0 Å². The SMILES string of the molecule is Cl[B][B][B]B(Cl)B(Cl)B(Cl)B(Cl)B(Cl)B(Cl)B(Cl)B(Cl)B(Cl)Cl. The minimum Gasteiger partial charge on any atom is -0.217 e. The monoisotopic (exact) mass is 517 g/mol. The van der Waals surface area contributed by atoms with Gasteiger partial charge in [-0.05, 0) is 0 Å². The second kappa shape index (κ2) is 14.0. The van der Waals surface area contributed by atoms with E-state index in [1.807, 2.05) is 0 Å². The summed E-state index contributed by atoms with van der Waals surface area (Å²) in [7, 11) is 3.09. The first-order valence-electron chi connectivity index (χ1n) is 6.07. The van der Waals surface area contributed by atoms with Crippen LogP contribution in [0.1, 0.15) is 0 Å². The highest BCUT2D eigenvalue weighted by Crippen LogP contribution is 2.23. The molecule has 0 bridgehead atoms. The zero-order valence-electron chi connectivity index (χ0n) is 11.1. The van der Waals surface area contributed by atoms with E-state index in [0.717, 1.165) is 0 Å². The van der Waals surface area contributed by atoms with Gasteiger partial charge in [0.25, 0.3) is 0 Å². The van der Waals surface area contributed by atoms with E-state index in [9.17, 15) is 0 Å². The third-order valence-corrected chi connectivity index (χ3v) is 8.79. The number of halogens is 11. The molecule has 113 valence electrons. The van der Waals surface area contributed by atoms with E-state index < -0.39 is 52.7 Å². The molecule has 3 radical (unpaired) electrons. The number of hydrogen-bond acceptors (Lipinski definition) is 0.